The summed E-state index contributed by atoms with van der Waals surface area (Å²) in [5.41, 5.74) is 1.11. The number of hydrogen-bond acceptors (Lipinski definition) is 3. The fourth-order valence-corrected chi connectivity index (χ4v) is 2.34. The van der Waals surface area contributed by atoms with E-state index < -0.39 is 0 Å². The first-order valence-electron chi connectivity index (χ1n) is 5.35. The number of rotatable bonds is 5. The van der Waals surface area contributed by atoms with Crippen LogP contribution in [-0.2, 0) is 24.7 Å². The van der Waals surface area contributed by atoms with E-state index in [1.807, 2.05) is 30.3 Å². The highest BCUT2D eigenvalue weighted by atomic mass is 79.9. The molecule has 2 aromatic rings. The van der Waals surface area contributed by atoms with Crippen LogP contribution >= 0.6 is 31.9 Å². The lowest BCUT2D eigenvalue weighted by Gasteiger charge is -2.09. The Hall–Kier alpha value is -0.690. The Balaban J connectivity index is 1.98. The Kier molecular flexibility index (Phi) is 4.94. The van der Waals surface area contributed by atoms with E-state index >= 15 is 0 Å². The van der Waals surface area contributed by atoms with Crippen LogP contribution in [0.1, 0.15) is 11.4 Å². The number of ether oxygens (including phenoxy) is 1. The minimum Gasteiger partial charge on any atom is -0.388 e. The first-order valence-corrected chi connectivity index (χ1v) is 6.94. The Bertz CT molecular complexity index is 514. The Morgan fingerprint density at radius 1 is 1.22 bits per heavy atom. The van der Waals surface area contributed by atoms with Crippen LogP contribution in [0.5, 0.6) is 0 Å². The molecule has 4 nitrogen and oxygen atoms in total. The molecule has 1 heterocycles. The molecule has 0 aliphatic rings. The molecule has 6 heteroatoms. The molecule has 2 rings (SSSR count). The van der Waals surface area contributed by atoms with Crippen molar-refractivity contribution in [3.63, 3.8) is 0 Å². The summed E-state index contributed by atoms with van der Waals surface area (Å²) in [5, 5.41) is 9.19. The Morgan fingerprint density at radius 2 is 1.94 bits per heavy atom. The van der Waals surface area contributed by atoms with Crippen LogP contribution < -0.4 is 0 Å². The molecule has 0 aliphatic heterocycles. The highest BCUT2D eigenvalue weighted by molar-refractivity contribution is 9.13. The lowest BCUT2D eigenvalue weighted by molar-refractivity contribution is 0.0580. The lowest BCUT2D eigenvalue weighted by Crippen LogP contribution is -2.07. The quantitative estimate of drug-likeness (QED) is 0.873. The number of aromatic nitrogens is 2. The predicted molar refractivity (Wildman–Crippen MR) is 74.8 cm³/mol. The smallest absolute Gasteiger partial charge is 0.139 e. The average Bonchev–Trinajstić information content (AvgIpc) is 2.67. The molecule has 18 heavy (non-hydrogen) atoms. The molecule has 0 atom stereocenters. The van der Waals surface area contributed by atoms with Gasteiger partial charge in [-0.25, -0.2) is 4.98 Å². The van der Waals surface area contributed by atoms with Crippen LogP contribution in [-0.4, -0.2) is 14.7 Å². The monoisotopic (exact) mass is 374 g/mol. The van der Waals surface area contributed by atoms with Gasteiger partial charge in [0.2, 0.25) is 0 Å². The van der Waals surface area contributed by atoms with Crippen LogP contribution in [0.3, 0.4) is 0 Å². The van der Waals surface area contributed by atoms with Gasteiger partial charge >= 0.3 is 0 Å². The molecule has 1 N–H and O–H groups in total. The van der Waals surface area contributed by atoms with Crippen LogP contribution in [0.25, 0.3) is 0 Å². The molecule has 1 aromatic carbocycles. The highest BCUT2D eigenvalue weighted by Gasteiger charge is 2.12. The third kappa shape index (κ3) is 3.20. The fraction of sp³-hybridized carbons (Fsp3) is 0.250. The summed E-state index contributed by atoms with van der Waals surface area (Å²) >= 11 is 6.69. The highest BCUT2D eigenvalue weighted by Crippen LogP contribution is 2.24. The van der Waals surface area contributed by atoms with Gasteiger partial charge in [-0.1, -0.05) is 30.3 Å². The average molecular weight is 376 g/mol. The van der Waals surface area contributed by atoms with Gasteiger partial charge in [-0.3, -0.25) is 4.57 Å². The number of aliphatic hydroxyl groups is 1. The summed E-state index contributed by atoms with van der Waals surface area (Å²) in [7, 11) is 0. The summed E-state index contributed by atoms with van der Waals surface area (Å²) in [5.74, 6) is 0.557. The maximum Gasteiger partial charge on any atom is 0.139 e. The second-order valence-electron chi connectivity index (χ2n) is 3.66. The molecule has 0 radical (unpaired) electrons. The Morgan fingerprint density at radius 3 is 2.61 bits per heavy atom. The molecule has 0 saturated carbocycles. The largest absolute Gasteiger partial charge is 0.388 e. The summed E-state index contributed by atoms with van der Waals surface area (Å²) in [6, 6.07) is 9.93. The van der Waals surface area contributed by atoms with E-state index in [9.17, 15) is 5.11 Å². The van der Waals surface area contributed by atoms with Crippen molar-refractivity contribution in [1.82, 2.24) is 9.55 Å². The van der Waals surface area contributed by atoms with Gasteiger partial charge in [0, 0.05) is 0 Å². The normalized spacial score (nSPS) is 10.8. The number of nitrogens with zero attached hydrogens (tertiary/aromatic N) is 2. The van der Waals surface area contributed by atoms with Crippen molar-refractivity contribution in [3.8, 4) is 0 Å². The van der Waals surface area contributed by atoms with Gasteiger partial charge < -0.3 is 9.84 Å². The molecule has 0 aliphatic carbocycles. The zero-order valence-corrected chi connectivity index (χ0v) is 12.7. The Labute approximate surface area is 122 Å². The van der Waals surface area contributed by atoms with E-state index in [0.29, 0.717) is 23.8 Å². The minimum atomic E-state index is -0.126. The van der Waals surface area contributed by atoms with E-state index in [-0.39, 0.29) is 6.61 Å². The van der Waals surface area contributed by atoms with Crippen molar-refractivity contribution in [2.24, 2.45) is 0 Å². The van der Waals surface area contributed by atoms with Crippen molar-refractivity contribution in [3.05, 3.63) is 50.9 Å². The summed E-state index contributed by atoms with van der Waals surface area (Å²) in [4.78, 5) is 4.16. The maximum absolute atomic E-state index is 9.19. The van der Waals surface area contributed by atoms with Crippen LogP contribution in [0.15, 0.2) is 39.5 Å². The third-order valence-electron chi connectivity index (χ3n) is 2.42. The number of imidazole rings is 1. The van der Waals surface area contributed by atoms with Gasteiger partial charge in [0.15, 0.2) is 0 Å². The van der Waals surface area contributed by atoms with Crippen molar-refractivity contribution >= 4 is 31.9 Å². The molecule has 1 aromatic heterocycles. The zero-order valence-electron chi connectivity index (χ0n) is 9.51. The first-order chi connectivity index (χ1) is 8.72. The van der Waals surface area contributed by atoms with Crippen molar-refractivity contribution < 1.29 is 9.84 Å². The van der Waals surface area contributed by atoms with E-state index in [1.165, 1.54) is 0 Å². The summed E-state index contributed by atoms with van der Waals surface area (Å²) in [6.45, 7) is 0.733. The van der Waals surface area contributed by atoms with Crippen molar-refractivity contribution in [1.29, 1.82) is 0 Å². The fourth-order valence-electron chi connectivity index (χ4n) is 1.53. The number of aliphatic hydroxyl groups excluding tert-OH is 1. The van der Waals surface area contributed by atoms with E-state index in [4.69, 9.17) is 4.74 Å². The van der Waals surface area contributed by atoms with Crippen LogP contribution in [0.2, 0.25) is 0 Å². The maximum atomic E-state index is 9.19. The SMILES string of the molecule is OCc1nc(Br)c(Br)n1COCc1ccccc1. The van der Waals surface area contributed by atoms with Gasteiger partial charge in [-0.05, 0) is 37.4 Å². The van der Waals surface area contributed by atoms with Gasteiger partial charge in [0.1, 0.15) is 28.4 Å². The lowest BCUT2D eigenvalue weighted by atomic mass is 10.2. The van der Waals surface area contributed by atoms with Crippen LogP contribution in [0, 0.1) is 0 Å². The zero-order chi connectivity index (χ0) is 13.0. The second-order valence-corrected chi connectivity index (χ2v) is 5.16. The molecular weight excluding hydrogens is 364 g/mol. The molecular formula is C12H12Br2N2O2. The minimum absolute atomic E-state index is 0.126. The molecule has 0 unspecified atom stereocenters. The summed E-state index contributed by atoms with van der Waals surface area (Å²) in [6.07, 6.45) is 0. The number of hydrogen-bond donors (Lipinski definition) is 1. The van der Waals surface area contributed by atoms with Gasteiger partial charge in [-0.2, -0.15) is 0 Å². The predicted octanol–water partition coefficient (Wildman–Crippen LogP) is 3.07. The topological polar surface area (TPSA) is 47.3 Å². The standard InChI is InChI=1S/C12H12Br2N2O2/c13-11-12(14)16(10(6-17)15-11)8-18-7-9-4-2-1-3-5-9/h1-5,17H,6-8H2. The van der Waals surface area contributed by atoms with Crippen molar-refractivity contribution in [2.45, 2.75) is 19.9 Å². The van der Waals surface area contributed by atoms with Gasteiger partial charge in [0.05, 0.1) is 6.61 Å². The first kappa shape index (κ1) is 13.7. The van der Waals surface area contributed by atoms with Crippen LogP contribution in [0.4, 0.5) is 0 Å². The van der Waals surface area contributed by atoms with E-state index in [0.717, 1.165) is 10.2 Å². The molecule has 0 saturated heterocycles. The molecule has 0 fully saturated rings. The number of halogens is 2. The molecule has 0 spiro atoms. The van der Waals surface area contributed by atoms with E-state index in [2.05, 4.69) is 36.8 Å². The van der Waals surface area contributed by atoms with Crippen molar-refractivity contribution in [2.75, 3.05) is 0 Å². The van der Waals surface area contributed by atoms with E-state index in [1.54, 1.807) is 4.57 Å². The summed E-state index contributed by atoms with van der Waals surface area (Å²) < 4.78 is 8.80. The van der Waals surface area contributed by atoms with Gasteiger partial charge in [-0.15, -0.1) is 0 Å². The third-order valence-corrected chi connectivity index (χ3v) is 4.31. The molecule has 0 amide bonds. The second kappa shape index (κ2) is 6.47. The molecule has 96 valence electrons. The number of benzene rings is 1. The van der Waals surface area contributed by atoms with Gasteiger partial charge in [0.25, 0.3) is 0 Å². The molecule has 0 bridgehead atoms.